The summed E-state index contributed by atoms with van der Waals surface area (Å²) in [6.07, 6.45) is 3.63. The number of thiazole rings is 1. The van der Waals surface area contributed by atoms with Crippen molar-refractivity contribution < 1.29 is 4.79 Å². The van der Waals surface area contributed by atoms with Crippen molar-refractivity contribution in [1.82, 2.24) is 14.8 Å². The van der Waals surface area contributed by atoms with E-state index in [1.807, 2.05) is 72.4 Å². The summed E-state index contributed by atoms with van der Waals surface area (Å²) in [5, 5.41) is 9.83. The average molecular weight is 374 g/mol. The molecule has 0 unspecified atom stereocenters. The predicted octanol–water partition coefficient (Wildman–Crippen LogP) is 4.62. The third-order valence-electron chi connectivity index (χ3n) is 4.19. The van der Waals surface area contributed by atoms with Gasteiger partial charge in [-0.2, -0.15) is 5.10 Å². The van der Waals surface area contributed by atoms with E-state index in [0.29, 0.717) is 12.2 Å². The Morgan fingerprint density at radius 2 is 1.93 bits per heavy atom. The molecule has 2 aromatic heterocycles. The van der Waals surface area contributed by atoms with Crippen LogP contribution >= 0.6 is 11.3 Å². The van der Waals surface area contributed by atoms with Gasteiger partial charge < -0.3 is 5.32 Å². The number of hydrogen-bond donors (Lipinski definition) is 1. The van der Waals surface area contributed by atoms with Crippen LogP contribution < -0.4 is 5.32 Å². The standard InChI is InChI=1S/C21H18N4OS/c1-15-7-9-16(10-8-15)21-24-19(14-27-21)20(26)23-18-6-3-2-5-17(18)13-25-12-4-11-22-25/h2-12,14H,13H2,1H3,(H,23,26). The SMILES string of the molecule is Cc1ccc(-c2nc(C(=O)Nc3ccccc3Cn3cccn3)cs2)cc1. The maximum Gasteiger partial charge on any atom is 0.275 e. The Morgan fingerprint density at radius 1 is 1.11 bits per heavy atom. The number of rotatable bonds is 5. The highest BCUT2D eigenvalue weighted by Gasteiger charge is 2.14. The topological polar surface area (TPSA) is 59.8 Å². The molecule has 0 fully saturated rings. The Kier molecular flexibility index (Phi) is 4.80. The molecule has 0 saturated heterocycles. The highest BCUT2D eigenvalue weighted by molar-refractivity contribution is 7.13. The molecular formula is C21H18N4OS. The Morgan fingerprint density at radius 3 is 2.70 bits per heavy atom. The Hall–Kier alpha value is -3.25. The summed E-state index contributed by atoms with van der Waals surface area (Å²) in [5.74, 6) is -0.211. The smallest absolute Gasteiger partial charge is 0.275 e. The van der Waals surface area contributed by atoms with E-state index in [9.17, 15) is 4.79 Å². The van der Waals surface area contributed by atoms with Crippen LogP contribution in [0.5, 0.6) is 0 Å². The minimum atomic E-state index is -0.211. The van der Waals surface area contributed by atoms with E-state index in [1.165, 1.54) is 16.9 Å². The summed E-state index contributed by atoms with van der Waals surface area (Å²) in [4.78, 5) is 17.2. The molecule has 0 spiro atoms. The molecule has 0 aliphatic heterocycles. The van der Waals surface area contributed by atoms with Gasteiger partial charge in [-0.25, -0.2) is 4.98 Å². The first-order valence-corrected chi connectivity index (χ1v) is 9.46. The number of aromatic nitrogens is 3. The number of aryl methyl sites for hydroxylation is 1. The minimum Gasteiger partial charge on any atom is -0.320 e. The third kappa shape index (κ3) is 3.96. The van der Waals surface area contributed by atoms with Crippen LogP contribution in [0.15, 0.2) is 72.4 Å². The molecule has 5 nitrogen and oxygen atoms in total. The molecule has 0 radical (unpaired) electrons. The van der Waals surface area contributed by atoms with Gasteiger partial charge in [0.25, 0.3) is 5.91 Å². The molecule has 0 aliphatic carbocycles. The van der Waals surface area contributed by atoms with Crippen LogP contribution in [-0.2, 0) is 6.54 Å². The highest BCUT2D eigenvalue weighted by atomic mass is 32.1. The van der Waals surface area contributed by atoms with Crippen LogP contribution in [0, 0.1) is 6.92 Å². The van der Waals surface area contributed by atoms with E-state index in [4.69, 9.17) is 0 Å². The lowest BCUT2D eigenvalue weighted by Crippen LogP contribution is -2.14. The van der Waals surface area contributed by atoms with Crippen molar-refractivity contribution in [2.45, 2.75) is 13.5 Å². The number of hydrogen-bond acceptors (Lipinski definition) is 4. The van der Waals surface area contributed by atoms with Gasteiger partial charge in [0, 0.05) is 29.0 Å². The lowest BCUT2D eigenvalue weighted by molar-refractivity contribution is 0.102. The second kappa shape index (κ2) is 7.55. The molecule has 0 saturated carbocycles. The summed E-state index contributed by atoms with van der Waals surface area (Å²) in [7, 11) is 0. The van der Waals surface area contributed by atoms with Gasteiger partial charge in [0.15, 0.2) is 0 Å². The zero-order valence-corrected chi connectivity index (χ0v) is 15.6. The third-order valence-corrected chi connectivity index (χ3v) is 5.08. The Labute approximate surface area is 161 Å². The number of amides is 1. The van der Waals surface area contributed by atoms with Crippen molar-refractivity contribution >= 4 is 22.9 Å². The molecule has 0 aliphatic rings. The fraction of sp³-hybridized carbons (Fsp3) is 0.0952. The fourth-order valence-electron chi connectivity index (χ4n) is 2.74. The van der Waals surface area contributed by atoms with E-state index in [1.54, 1.807) is 11.6 Å². The second-order valence-electron chi connectivity index (χ2n) is 6.22. The van der Waals surface area contributed by atoms with Gasteiger partial charge in [-0.3, -0.25) is 9.48 Å². The summed E-state index contributed by atoms with van der Waals surface area (Å²) in [6, 6.07) is 17.7. The molecular weight excluding hydrogens is 356 g/mol. The number of para-hydroxylation sites is 1. The molecule has 27 heavy (non-hydrogen) atoms. The van der Waals surface area contributed by atoms with E-state index < -0.39 is 0 Å². The summed E-state index contributed by atoms with van der Waals surface area (Å²) in [5.41, 5.74) is 4.39. The maximum absolute atomic E-state index is 12.7. The quantitative estimate of drug-likeness (QED) is 0.555. The van der Waals surface area contributed by atoms with Crippen molar-refractivity contribution in [3.63, 3.8) is 0 Å². The van der Waals surface area contributed by atoms with Crippen LogP contribution in [0.3, 0.4) is 0 Å². The molecule has 134 valence electrons. The van der Waals surface area contributed by atoms with Crippen LogP contribution in [0.4, 0.5) is 5.69 Å². The average Bonchev–Trinajstić information content (AvgIpc) is 3.36. The molecule has 6 heteroatoms. The number of carbonyl (C=O) groups excluding carboxylic acids is 1. The normalized spacial score (nSPS) is 10.7. The first-order chi connectivity index (χ1) is 13.2. The zero-order valence-electron chi connectivity index (χ0n) is 14.8. The largest absolute Gasteiger partial charge is 0.320 e. The summed E-state index contributed by atoms with van der Waals surface area (Å²) in [6.45, 7) is 2.64. The summed E-state index contributed by atoms with van der Waals surface area (Å²) < 4.78 is 1.82. The lowest BCUT2D eigenvalue weighted by atomic mass is 10.1. The van der Waals surface area contributed by atoms with Gasteiger partial charge in [0.05, 0.1) is 6.54 Å². The van der Waals surface area contributed by atoms with Crippen molar-refractivity contribution in [1.29, 1.82) is 0 Å². The molecule has 0 bridgehead atoms. The number of carbonyl (C=O) groups is 1. The molecule has 2 aromatic carbocycles. The molecule has 1 N–H and O–H groups in total. The maximum atomic E-state index is 12.7. The second-order valence-corrected chi connectivity index (χ2v) is 7.08. The monoisotopic (exact) mass is 374 g/mol. The van der Waals surface area contributed by atoms with E-state index >= 15 is 0 Å². The minimum absolute atomic E-state index is 0.211. The number of nitrogens with one attached hydrogen (secondary N) is 1. The van der Waals surface area contributed by atoms with Gasteiger partial charge in [-0.05, 0) is 24.6 Å². The first-order valence-electron chi connectivity index (χ1n) is 8.58. The first kappa shape index (κ1) is 17.2. The van der Waals surface area contributed by atoms with Gasteiger partial charge in [0.2, 0.25) is 0 Å². The van der Waals surface area contributed by atoms with E-state index in [0.717, 1.165) is 21.8 Å². The van der Waals surface area contributed by atoms with Gasteiger partial charge >= 0.3 is 0 Å². The van der Waals surface area contributed by atoms with Crippen LogP contribution in [0.1, 0.15) is 21.6 Å². The zero-order chi connectivity index (χ0) is 18.6. The van der Waals surface area contributed by atoms with Crippen LogP contribution in [0.25, 0.3) is 10.6 Å². The number of anilines is 1. The number of benzene rings is 2. The molecule has 1 amide bonds. The lowest BCUT2D eigenvalue weighted by Gasteiger charge is -2.10. The van der Waals surface area contributed by atoms with E-state index in [-0.39, 0.29) is 5.91 Å². The van der Waals surface area contributed by atoms with Crippen LogP contribution in [-0.4, -0.2) is 20.7 Å². The van der Waals surface area contributed by atoms with Gasteiger partial charge in [-0.15, -0.1) is 11.3 Å². The van der Waals surface area contributed by atoms with Crippen molar-refractivity contribution in [2.75, 3.05) is 5.32 Å². The fourth-order valence-corrected chi connectivity index (χ4v) is 3.55. The number of nitrogens with zero attached hydrogens (tertiary/aromatic N) is 3. The van der Waals surface area contributed by atoms with Crippen molar-refractivity contribution in [3.05, 3.63) is 89.2 Å². The van der Waals surface area contributed by atoms with E-state index in [2.05, 4.69) is 15.4 Å². The highest BCUT2D eigenvalue weighted by Crippen LogP contribution is 2.25. The van der Waals surface area contributed by atoms with Crippen molar-refractivity contribution in [2.24, 2.45) is 0 Å². The van der Waals surface area contributed by atoms with Gasteiger partial charge in [0.1, 0.15) is 10.7 Å². The van der Waals surface area contributed by atoms with Crippen LogP contribution in [0.2, 0.25) is 0 Å². The molecule has 4 aromatic rings. The molecule has 0 atom stereocenters. The molecule has 2 heterocycles. The summed E-state index contributed by atoms with van der Waals surface area (Å²) >= 11 is 1.47. The Bertz CT molecular complexity index is 1050. The van der Waals surface area contributed by atoms with Gasteiger partial charge in [-0.1, -0.05) is 48.0 Å². The Balaban J connectivity index is 1.52. The predicted molar refractivity (Wildman–Crippen MR) is 108 cm³/mol. The van der Waals surface area contributed by atoms with Crippen molar-refractivity contribution in [3.8, 4) is 10.6 Å². The molecule has 4 rings (SSSR count).